The molecule has 2 unspecified atom stereocenters. The van der Waals surface area contributed by atoms with E-state index in [0.29, 0.717) is 31.9 Å². The number of ether oxygens (including phenoxy) is 2. The predicted molar refractivity (Wildman–Crippen MR) is 119 cm³/mol. The maximum atomic E-state index is 13.1. The largest absolute Gasteiger partial charge is 0.489 e. The average molecular weight is 455 g/mol. The number of amides is 3. The van der Waals surface area contributed by atoms with E-state index < -0.39 is 30.9 Å². The molecule has 0 bridgehead atoms. The molecule has 0 spiro atoms. The van der Waals surface area contributed by atoms with Crippen LogP contribution in [0.15, 0.2) is 42.4 Å². The molecule has 3 aliphatic rings. The van der Waals surface area contributed by atoms with Crippen LogP contribution >= 0.6 is 0 Å². The smallest absolute Gasteiger partial charge is 0.255 e. The molecule has 0 aliphatic carbocycles. The lowest BCUT2D eigenvalue weighted by Gasteiger charge is -2.29. The summed E-state index contributed by atoms with van der Waals surface area (Å²) in [5, 5.41) is 2.25. The highest BCUT2D eigenvalue weighted by Gasteiger charge is 2.40. The molecule has 8 heteroatoms. The summed E-state index contributed by atoms with van der Waals surface area (Å²) in [6.07, 6.45) is 0.321. The summed E-state index contributed by atoms with van der Waals surface area (Å²) in [5.74, 6) is -1.24. The average Bonchev–Trinajstić information content (AvgIpc) is 3.21. The van der Waals surface area contributed by atoms with E-state index in [0.717, 1.165) is 0 Å². The molecule has 2 fully saturated rings. The fourth-order valence-corrected chi connectivity index (χ4v) is 4.18. The molecule has 172 valence electrons. The molecule has 8 nitrogen and oxygen atoms in total. The summed E-state index contributed by atoms with van der Waals surface area (Å²) >= 11 is 0. The van der Waals surface area contributed by atoms with Gasteiger partial charge in [0, 0.05) is 38.5 Å². The number of rotatable bonds is 6. The van der Waals surface area contributed by atoms with Crippen LogP contribution in [-0.2, 0) is 34.0 Å². The summed E-state index contributed by atoms with van der Waals surface area (Å²) in [4.78, 5) is 40.1. The number of hydrogen-bond acceptors (Lipinski definition) is 6. The van der Waals surface area contributed by atoms with Crippen molar-refractivity contribution in [2.45, 2.75) is 38.5 Å². The number of carbonyl (C=O) groups excluding carboxylic acids is 3. The zero-order valence-corrected chi connectivity index (χ0v) is 17.9. The fourth-order valence-electron chi connectivity index (χ4n) is 4.18. The van der Waals surface area contributed by atoms with Crippen LogP contribution in [0, 0.1) is 0 Å². The van der Waals surface area contributed by atoms with Crippen LogP contribution < -0.4 is 10.1 Å². The van der Waals surface area contributed by atoms with Crippen molar-refractivity contribution in [1.29, 1.82) is 0 Å². The third-order valence-electron chi connectivity index (χ3n) is 5.94. The molecule has 2 aromatic carbocycles. The topological polar surface area (TPSA) is 88.2 Å². The van der Waals surface area contributed by atoms with Gasteiger partial charge in [-0.3, -0.25) is 24.6 Å². The highest BCUT2D eigenvalue weighted by molar-refractivity contribution is 6.05. The summed E-state index contributed by atoms with van der Waals surface area (Å²) in [6.45, 7) is -1.44. The number of imide groups is 1. The van der Waals surface area contributed by atoms with Gasteiger partial charge in [0.1, 0.15) is 18.4 Å². The van der Waals surface area contributed by atoms with Gasteiger partial charge in [-0.25, -0.2) is 0 Å². The van der Waals surface area contributed by atoms with Gasteiger partial charge < -0.3 is 14.4 Å². The molecular weight excluding hydrogens is 422 g/mol. The van der Waals surface area contributed by atoms with Gasteiger partial charge in [-0.15, -0.1) is 0 Å². The summed E-state index contributed by atoms with van der Waals surface area (Å²) in [6, 6.07) is 6.09. The number of fused-ring (bicyclic) bond motifs is 1. The third-order valence-corrected chi connectivity index (χ3v) is 5.94. The van der Waals surface area contributed by atoms with Crippen LogP contribution in [0.25, 0.3) is 0 Å². The second-order valence-electron chi connectivity index (χ2n) is 8.11. The minimum Gasteiger partial charge on any atom is -0.489 e. The lowest BCUT2D eigenvalue weighted by molar-refractivity contribution is -0.136. The molecule has 5 rings (SSSR count). The first-order valence-electron chi connectivity index (χ1n) is 13.5. The summed E-state index contributed by atoms with van der Waals surface area (Å²) < 4.78 is 53.7. The lowest BCUT2D eigenvalue weighted by Crippen LogP contribution is -2.52. The third kappa shape index (κ3) is 4.62. The van der Waals surface area contributed by atoms with Gasteiger partial charge in [-0.05, 0) is 29.7 Å². The van der Waals surface area contributed by atoms with Gasteiger partial charge in [-0.2, -0.15) is 0 Å². The van der Waals surface area contributed by atoms with Crippen LogP contribution in [0.4, 0.5) is 0 Å². The second kappa shape index (κ2) is 9.33. The number of morpholine rings is 1. The molecule has 2 aromatic rings. The van der Waals surface area contributed by atoms with E-state index in [1.807, 2.05) is 0 Å². The number of nitrogens with zero attached hydrogens (tertiary/aromatic N) is 2. The Morgan fingerprint density at radius 3 is 2.67 bits per heavy atom. The van der Waals surface area contributed by atoms with E-state index in [1.165, 1.54) is 23.1 Å². The normalized spacial score (nSPS) is 24.7. The summed E-state index contributed by atoms with van der Waals surface area (Å²) in [5.41, 5.74) is 0.814. The Kier molecular flexibility index (Phi) is 4.63. The number of nitrogens with one attached hydrogen (secondary N) is 1. The predicted octanol–water partition coefficient (Wildman–Crippen LogP) is 1.86. The second-order valence-corrected chi connectivity index (χ2v) is 8.11. The van der Waals surface area contributed by atoms with Crippen LogP contribution in [0.3, 0.4) is 0 Å². The van der Waals surface area contributed by atoms with Crippen molar-refractivity contribution < 1.29 is 30.7 Å². The number of carbonyl (C=O) groups is 3. The maximum absolute atomic E-state index is 13.1. The van der Waals surface area contributed by atoms with Crippen molar-refractivity contribution >= 4 is 17.7 Å². The first-order valence-corrected chi connectivity index (χ1v) is 10.9. The Labute approximate surface area is 199 Å². The molecule has 0 aromatic heterocycles. The van der Waals surface area contributed by atoms with Crippen LogP contribution in [-0.4, -0.2) is 59.9 Å². The van der Waals surface area contributed by atoms with Crippen molar-refractivity contribution in [1.82, 2.24) is 15.1 Å². The van der Waals surface area contributed by atoms with Gasteiger partial charge in [0.05, 0.1) is 25.2 Å². The standard InChI is InChI=1S/C25H27N3O5/c29-23-9-8-21(24(30)26-23)28-15-20-19(25(28)31)2-1-3-22(20)33-16-18-6-4-17(5-7-18)14-27-10-12-32-13-11-27/h1-7,21H,8-16H2,(H,26,29,30)/i4D,5D,14D,16D2. The van der Waals surface area contributed by atoms with Crippen LogP contribution in [0.5, 0.6) is 5.75 Å². The zero-order chi connectivity index (χ0) is 27.2. The van der Waals surface area contributed by atoms with Gasteiger partial charge in [0.2, 0.25) is 11.8 Å². The van der Waals surface area contributed by atoms with E-state index in [1.54, 1.807) is 17.0 Å². The Bertz CT molecular complexity index is 1280. The molecule has 3 heterocycles. The van der Waals surface area contributed by atoms with Crippen molar-refractivity contribution in [3.05, 3.63) is 64.7 Å². The first kappa shape index (κ1) is 16.4. The Balaban J connectivity index is 1.38. The molecule has 3 aliphatic heterocycles. The lowest BCUT2D eigenvalue weighted by atomic mass is 10.0. The quantitative estimate of drug-likeness (QED) is 0.671. The molecule has 2 saturated heterocycles. The molecule has 1 N–H and O–H groups in total. The van der Waals surface area contributed by atoms with Gasteiger partial charge in [-0.1, -0.05) is 30.3 Å². The highest BCUT2D eigenvalue weighted by Crippen LogP contribution is 2.34. The fraction of sp³-hybridized carbons (Fsp3) is 0.400. The van der Waals surface area contributed by atoms with Crippen molar-refractivity contribution in [3.63, 3.8) is 0 Å². The van der Waals surface area contributed by atoms with Crippen LogP contribution in [0.1, 0.15) is 46.7 Å². The number of hydrogen-bond donors (Lipinski definition) is 1. The molecule has 2 atom stereocenters. The Morgan fingerprint density at radius 2 is 1.91 bits per heavy atom. The monoisotopic (exact) mass is 454 g/mol. The first-order chi connectivity index (χ1) is 18.1. The van der Waals surface area contributed by atoms with E-state index >= 15 is 0 Å². The van der Waals surface area contributed by atoms with E-state index in [-0.39, 0.29) is 59.8 Å². The van der Waals surface area contributed by atoms with Crippen molar-refractivity contribution in [2.75, 3.05) is 26.3 Å². The minimum atomic E-state index is -2.46. The molecular formula is C25H27N3O5. The van der Waals surface area contributed by atoms with E-state index in [2.05, 4.69) is 5.32 Å². The van der Waals surface area contributed by atoms with Gasteiger partial charge >= 0.3 is 0 Å². The number of benzene rings is 2. The highest BCUT2D eigenvalue weighted by atomic mass is 16.5. The van der Waals surface area contributed by atoms with Gasteiger partial charge in [0.25, 0.3) is 5.91 Å². The van der Waals surface area contributed by atoms with E-state index in [4.69, 9.17) is 16.3 Å². The maximum Gasteiger partial charge on any atom is 0.255 e. The SMILES string of the molecule is [2H]c1cc(C([2H])([2H])Oc2cccc3c2CN(C2CCC(=O)NC2=O)C3=O)cc([2H])c1C([2H])N1CCOCC1. The van der Waals surface area contributed by atoms with Crippen molar-refractivity contribution in [3.8, 4) is 5.75 Å². The molecule has 0 radical (unpaired) electrons. The Hall–Kier alpha value is -3.23. The zero-order valence-electron chi connectivity index (χ0n) is 22.9. The molecule has 33 heavy (non-hydrogen) atoms. The summed E-state index contributed by atoms with van der Waals surface area (Å²) in [7, 11) is 0. The van der Waals surface area contributed by atoms with Gasteiger partial charge in [0.15, 0.2) is 0 Å². The molecule has 3 amide bonds. The Morgan fingerprint density at radius 1 is 1.12 bits per heavy atom. The van der Waals surface area contributed by atoms with Crippen molar-refractivity contribution in [2.24, 2.45) is 0 Å². The number of piperidine rings is 1. The minimum absolute atomic E-state index is 0.0130. The molecule has 0 saturated carbocycles. The van der Waals surface area contributed by atoms with E-state index in [9.17, 15) is 14.4 Å². The van der Waals surface area contributed by atoms with Crippen LogP contribution in [0.2, 0.25) is 0 Å².